The molecule has 0 unspecified atom stereocenters. The average molecular weight is 452 g/mol. The normalized spacial score (nSPS) is 14.0. The summed E-state index contributed by atoms with van der Waals surface area (Å²) in [5, 5.41) is 8.77. The summed E-state index contributed by atoms with van der Waals surface area (Å²) < 4.78 is 16.5. The molecule has 0 aliphatic carbocycles. The lowest BCUT2D eigenvalue weighted by atomic mass is 10.2. The molecule has 3 aromatic rings. The maximum Gasteiger partial charge on any atom is 0.325 e. The highest BCUT2D eigenvalue weighted by Gasteiger charge is 2.21. The van der Waals surface area contributed by atoms with Gasteiger partial charge in [-0.15, -0.1) is 0 Å². The number of hydrazine groups is 1. The van der Waals surface area contributed by atoms with E-state index in [9.17, 15) is 4.57 Å². The summed E-state index contributed by atoms with van der Waals surface area (Å²) in [6.45, 7) is 0.783. The van der Waals surface area contributed by atoms with Crippen LogP contribution in [0.3, 0.4) is 0 Å². The van der Waals surface area contributed by atoms with Crippen LogP contribution in [0, 0.1) is 0 Å². The molecule has 3 N–H and O–H groups in total. The fourth-order valence-corrected chi connectivity index (χ4v) is 3.80. The minimum Gasteiger partial charge on any atom is -0.494 e. The molecule has 8 nitrogen and oxygen atoms in total. The van der Waals surface area contributed by atoms with E-state index in [0.29, 0.717) is 24.7 Å². The van der Waals surface area contributed by atoms with E-state index in [1.54, 1.807) is 0 Å². The molecule has 1 aliphatic heterocycles. The van der Waals surface area contributed by atoms with Gasteiger partial charge in [0.05, 0.1) is 24.1 Å². The van der Waals surface area contributed by atoms with Crippen LogP contribution in [0.25, 0.3) is 0 Å². The van der Waals surface area contributed by atoms with E-state index in [2.05, 4.69) is 5.43 Å². The molecule has 0 radical (unpaired) electrons. The molecule has 166 valence electrons. The first-order valence-corrected chi connectivity index (χ1v) is 12.1. The van der Waals surface area contributed by atoms with E-state index < -0.39 is 7.60 Å². The molecule has 0 aromatic heterocycles. The second kappa shape index (κ2) is 9.87. The molecule has 0 amide bonds. The zero-order chi connectivity index (χ0) is 22.4. The van der Waals surface area contributed by atoms with Gasteiger partial charge in [0.15, 0.2) is 5.84 Å². The summed E-state index contributed by atoms with van der Waals surface area (Å²) in [6.07, 6.45) is 0.106. The second-order valence-corrected chi connectivity index (χ2v) is 9.09. The minimum atomic E-state index is -3.99. The number of hydrogen-bond acceptors (Lipinski definition) is 6. The van der Waals surface area contributed by atoms with Crippen LogP contribution < -0.4 is 20.2 Å². The number of anilines is 2. The molecule has 1 heterocycles. The Morgan fingerprint density at radius 2 is 1.53 bits per heavy atom. The van der Waals surface area contributed by atoms with Crippen molar-refractivity contribution in [1.29, 1.82) is 0 Å². The lowest BCUT2D eigenvalue weighted by molar-refractivity contribution is 0.309. The number of benzene rings is 3. The number of hydrazone groups is 1. The smallest absolute Gasteiger partial charge is 0.325 e. The summed E-state index contributed by atoms with van der Waals surface area (Å²) in [4.78, 5) is 17.9. The zero-order valence-electron chi connectivity index (χ0n) is 17.4. The largest absolute Gasteiger partial charge is 0.494 e. The molecular weight excluding hydrogens is 427 g/mol. The number of amidine groups is 1. The van der Waals surface area contributed by atoms with Crippen molar-refractivity contribution in [1.82, 2.24) is 5.43 Å². The van der Waals surface area contributed by atoms with E-state index in [4.69, 9.17) is 19.6 Å². The third kappa shape index (κ3) is 5.88. The Hall–Kier alpha value is -3.32. The fourth-order valence-electron chi connectivity index (χ4n) is 3.26. The predicted molar refractivity (Wildman–Crippen MR) is 126 cm³/mol. The van der Waals surface area contributed by atoms with Crippen LogP contribution in [0.15, 0.2) is 90.0 Å². The number of nitrogens with one attached hydrogen (secondary N) is 1. The topological polar surface area (TPSA) is 97.6 Å². The van der Waals surface area contributed by atoms with Gasteiger partial charge < -0.3 is 14.5 Å². The quantitative estimate of drug-likeness (QED) is 0.353. The van der Waals surface area contributed by atoms with Gasteiger partial charge in [-0.05, 0) is 55.0 Å². The highest BCUT2D eigenvalue weighted by atomic mass is 31.2. The zero-order valence-corrected chi connectivity index (χ0v) is 18.3. The summed E-state index contributed by atoms with van der Waals surface area (Å²) in [5.74, 6) is 1.33. The second-order valence-electron chi connectivity index (χ2n) is 7.32. The lowest BCUT2D eigenvalue weighted by Crippen LogP contribution is -2.53. The average Bonchev–Trinajstić information content (AvgIpc) is 2.82. The van der Waals surface area contributed by atoms with Crippen molar-refractivity contribution >= 4 is 24.8 Å². The van der Waals surface area contributed by atoms with Crippen LogP contribution in [-0.2, 0) is 4.57 Å². The number of nitrogens with zero attached hydrogens (tertiary/aromatic N) is 3. The van der Waals surface area contributed by atoms with E-state index in [1.165, 1.54) is 0 Å². The van der Waals surface area contributed by atoms with Gasteiger partial charge in [-0.25, -0.2) is 5.01 Å². The van der Waals surface area contributed by atoms with Gasteiger partial charge in [0.25, 0.3) is 0 Å². The van der Waals surface area contributed by atoms with Crippen LogP contribution in [0.4, 0.5) is 11.4 Å². The van der Waals surface area contributed by atoms with Gasteiger partial charge in [-0.3, -0.25) is 15.0 Å². The number of ether oxygens (including phenoxy) is 1. The minimum absolute atomic E-state index is 0.184. The van der Waals surface area contributed by atoms with Crippen LogP contribution in [-0.4, -0.2) is 35.1 Å². The van der Waals surface area contributed by atoms with E-state index in [0.717, 1.165) is 16.9 Å². The summed E-state index contributed by atoms with van der Waals surface area (Å²) in [7, 11) is -3.99. The number of para-hydroxylation sites is 2. The highest BCUT2D eigenvalue weighted by Crippen LogP contribution is 2.34. The van der Waals surface area contributed by atoms with Crippen molar-refractivity contribution in [2.24, 2.45) is 5.10 Å². The third-order valence-electron chi connectivity index (χ3n) is 4.85. The van der Waals surface area contributed by atoms with Gasteiger partial charge >= 0.3 is 7.60 Å². The van der Waals surface area contributed by atoms with Crippen molar-refractivity contribution in [2.75, 3.05) is 29.5 Å². The molecule has 9 heteroatoms. The molecule has 0 fully saturated rings. The number of rotatable bonds is 8. The van der Waals surface area contributed by atoms with Crippen molar-refractivity contribution in [3.8, 4) is 5.75 Å². The Kier molecular flexibility index (Phi) is 6.75. The molecule has 1 aliphatic rings. The van der Waals surface area contributed by atoms with Crippen molar-refractivity contribution in [2.45, 2.75) is 6.42 Å². The lowest BCUT2D eigenvalue weighted by Gasteiger charge is -2.36. The first-order valence-electron chi connectivity index (χ1n) is 10.3. The van der Waals surface area contributed by atoms with Gasteiger partial charge in [0.1, 0.15) is 12.4 Å². The summed E-state index contributed by atoms with van der Waals surface area (Å²) in [5.41, 5.74) is 6.27. The maximum absolute atomic E-state index is 10.9. The Morgan fingerprint density at radius 3 is 2.16 bits per heavy atom. The summed E-state index contributed by atoms with van der Waals surface area (Å²) in [6, 6.07) is 27.5. The van der Waals surface area contributed by atoms with Crippen LogP contribution in [0.2, 0.25) is 0 Å². The molecule has 0 atom stereocenters. The summed E-state index contributed by atoms with van der Waals surface area (Å²) >= 11 is 0. The van der Waals surface area contributed by atoms with Crippen molar-refractivity contribution in [3.63, 3.8) is 0 Å². The first-order chi connectivity index (χ1) is 15.5. The predicted octanol–water partition coefficient (Wildman–Crippen LogP) is 3.78. The van der Waals surface area contributed by atoms with Gasteiger partial charge in [-0.2, -0.15) is 5.10 Å². The Bertz CT molecular complexity index is 1090. The van der Waals surface area contributed by atoms with Crippen LogP contribution in [0.1, 0.15) is 12.0 Å². The van der Waals surface area contributed by atoms with Gasteiger partial charge in [0.2, 0.25) is 0 Å². The molecule has 3 aromatic carbocycles. The van der Waals surface area contributed by atoms with Crippen LogP contribution >= 0.6 is 7.60 Å². The fraction of sp³-hybridized carbons (Fsp3) is 0.174. The Labute approximate surface area is 186 Å². The van der Waals surface area contributed by atoms with Gasteiger partial charge in [-0.1, -0.05) is 36.4 Å². The standard InChI is InChI=1S/C23H25N4O4P/c28-32(29,30)17-7-16-31-22-14-12-19(13-15-22)23-24-26(20-8-3-1-4-9-20)18-27(25-23)21-10-5-2-6-11-21/h1-6,8-15H,7,16-18H2,(H,24,25)(H2,28,29,30). The first kappa shape index (κ1) is 21.9. The van der Waals surface area contributed by atoms with Crippen molar-refractivity contribution < 1.29 is 19.1 Å². The van der Waals surface area contributed by atoms with E-state index in [-0.39, 0.29) is 12.8 Å². The molecule has 0 spiro atoms. The van der Waals surface area contributed by atoms with Crippen molar-refractivity contribution in [3.05, 3.63) is 90.5 Å². The molecular formula is C23H25N4O4P. The molecule has 32 heavy (non-hydrogen) atoms. The SMILES string of the molecule is O=P(O)(O)CCCOc1ccc(C2=NN(c3ccccc3)CN(c3ccccc3)N2)cc1. The number of hydrogen-bond donors (Lipinski definition) is 3. The highest BCUT2D eigenvalue weighted by molar-refractivity contribution is 7.51. The maximum atomic E-state index is 10.9. The molecule has 4 rings (SSSR count). The third-order valence-corrected chi connectivity index (χ3v) is 5.75. The van der Waals surface area contributed by atoms with Gasteiger partial charge in [0, 0.05) is 5.56 Å². The monoisotopic (exact) mass is 452 g/mol. The molecule has 0 saturated carbocycles. The van der Waals surface area contributed by atoms with E-state index >= 15 is 0 Å². The van der Waals surface area contributed by atoms with Crippen LogP contribution in [0.5, 0.6) is 5.75 Å². The molecule has 0 bridgehead atoms. The Balaban J connectivity index is 1.51. The Morgan fingerprint density at radius 1 is 0.906 bits per heavy atom. The molecule has 0 saturated heterocycles. The van der Waals surface area contributed by atoms with E-state index in [1.807, 2.05) is 94.9 Å².